The topological polar surface area (TPSA) is 75.3 Å². The number of amides is 1. The molecule has 5 saturated heterocycles. The Morgan fingerprint density at radius 3 is 1.62 bits per heavy atom. The summed E-state index contributed by atoms with van der Waals surface area (Å²) in [5.41, 5.74) is 2.93. The minimum atomic E-state index is -0.109. The monoisotopic (exact) mass is 578 g/mol. The van der Waals surface area contributed by atoms with Gasteiger partial charge in [0, 0.05) is 64.6 Å². The molecule has 2 aromatic rings. The molecule has 42 heavy (non-hydrogen) atoms. The lowest BCUT2D eigenvalue weighted by atomic mass is 9.87. The lowest BCUT2D eigenvalue weighted by Crippen LogP contribution is -2.61. The average Bonchev–Trinajstić information content (AvgIpc) is 3.63. The fourth-order valence-corrected chi connectivity index (χ4v) is 6.48. The van der Waals surface area contributed by atoms with E-state index in [4.69, 9.17) is 14.2 Å². The number of benzene rings is 2. The van der Waals surface area contributed by atoms with Crippen LogP contribution < -0.4 is 10.6 Å². The summed E-state index contributed by atoms with van der Waals surface area (Å²) < 4.78 is 16.0. The van der Waals surface area contributed by atoms with Crippen molar-refractivity contribution in [2.45, 2.75) is 62.7 Å². The number of morpholine rings is 2. The Morgan fingerprint density at radius 1 is 0.643 bits per heavy atom. The zero-order valence-corrected chi connectivity index (χ0v) is 25.2. The van der Waals surface area contributed by atoms with Crippen molar-refractivity contribution in [3.63, 3.8) is 0 Å². The summed E-state index contributed by atoms with van der Waals surface area (Å²) in [5.74, 6) is 0.0303. The zero-order chi connectivity index (χ0) is 28.9. The Kier molecular flexibility index (Phi) is 11.8. The van der Waals surface area contributed by atoms with Crippen LogP contribution in [0.1, 0.15) is 49.7 Å². The highest BCUT2D eigenvalue weighted by atomic mass is 16.5. The largest absolute Gasteiger partial charge is 0.381 e. The van der Waals surface area contributed by atoms with E-state index in [1.807, 2.05) is 6.07 Å². The maximum absolute atomic E-state index is 11.5. The summed E-state index contributed by atoms with van der Waals surface area (Å²) in [6, 6.07) is 21.3. The van der Waals surface area contributed by atoms with E-state index in [0.29, 0.717) is 6.61 Å². The molecule has 2 N–H and O–H groups in total. The number of likely N-dealkylation sites (tertiary alicyclic amines) is 2. The molecule has 5 fully saturated rings. The van der Waals surface area contributed by atoms with Gasteiger partial charge in [0.15, 0.2) is 0 Å². The number of rotatable bonds is 4. The lowest BCUT2D eigenvalue weighted by molar-refractivity contribution is -0.137. The molecule has 8 heteroatoms. The Hall–Kier alpha value is -2.33. The van der Waals surface area contributed by atoms with E-state index in [2.05, 4.69) is 75.0 Å². The van der Waals surface area contributed by atoms with E-state index < -0.39 is 0 Å². The summed E-state index contributed by atoms with van der Waals surface area (Å²) in [6.07, 6.45) is 6.93. The van der Waals surface area contributed by atoms with Crippen LogP contribution in [0, 0.1) is 0 Å². The molecule has 2 spiro atoms. The van der Waals surface area contributed by atoms with Crippen LogP contribution in [-0.2, 0) is 32.1 Å². The van der Waals surface area contributed by atoms with E-state index in [0.717, 1.165) is 72.0 Å². The molecule has 5 aliphatic heterocycles. The van der Waals surface area contributed by atoms with Crippen molar-refractivity contribution in [3.05, 3.63) is 71.8 Å². The summed E-state index contributed by atoms with van der Waals surface area (Å²) in [4.78, 5) is 16.5. The minimum absolute atomic E-state index is 0.0303. The van der Waals surface area contributed by atoms with Crippen LogP contribution in [0.2, 0.25) is 0 Å². The van der Waals surface area contributed by atoms with Gasteiger partial charge in [-0.25, -0.2) is 0 Å². The van der Waals surface area contributed by atoms with Gasteiger partial charge in [-0.1, -0.05) is 60.7 Å². The molecule has 0 atom stereocenters. The third-order valence-electron chi connectivity index (χ3n) is 9.09. The van der Waals surface area contributed by atoms with Crippen LogP contribution in [0.5, 0.6) is 0 Å². The number of carbonyl (C=O) groups is 1. The fourth-order valence-electron chi connectivity index (χ4n) is 6.48. The van der Waals surface area contributed by atoms with Crippen molar-refractivity contribution in [1.29, 1.82) is 0 Å². The van der Waals surface area contributed by atoms with Gasteiger partial charge in [0.05, 0.1) is 25.4 Å². The van der Waals surface area contributed by atoms with Crippen LogP contribution in [0.4, 0.5) is 0 Å². The fraction of sp³-hybridized carbons (Fsp3) is 0.618. The number of carbonyl (C=O) groups excluding carboxylic acids is 1. The number of hydrogen-bond acceptors (Lipinski definition) is 7. The summed E-state index contributed by atoms with van der Waals surface area (Å²) >= 11 is 0. The standard InChI is InChI=1S/C15H20N2O2.C15H22N2O.C4H8O/c18-14-11-19-12-15(16-14)6-8-17(9-7-15)10-13-4-2-1-3-5-13;1-2-4-14(5-3-1)12-17-9-6-15(7-10-17)13-18-11-8-16-15;1-2-4-5-3-1/h1-5H,6-12H2,(H,16,18);1-5,16H,6-13H2;1-4H2. The summed E-state index contributed by atoms with van der Waals surface area (Å²) in [6.45, 7) is 12.1. The second-order valence-electron chi connectivity index (χ2n) is 12.4. The second kappa shape index (κ2) is 15.9. The molecule has 230 valence electrons. The molecule has 5 heterocycles. The van der Waals surface area contributed by atoms with E-state index in [1.165, 1.54) is 49.9 Å². The van der Waals surface area contributed by atoms with Crippen molar-refractivity contribution in [2.75, 3.05) is 72.4 Å². The number of nitrogens with one attached hydrogen (secondary N) is 2. The number of ether oxygens (including phenoxy) is 3. The predicted octanol–water partition coefficient (Wildman–Crippen LogP) is 3.61. The number of hydrogen-bond donors (Lipinski definition) is 2. The normalized spacial score (nSPS) is 23.8. The Morgan fingerprint density at radius 2 is 1.17 bits per heavy atom. The van der Waals surface area contributed by atoms with Gasteiger partial charge in [-0.15, -0.1) is 0 Å². The molecule has 0 saturated carbocycles. The minimum Gasteiger partial charge on any atom is -0.381 e. The Labute approximate surface area is 252 Å². The highest BCUT2D eigenvalue weighted by molar-refractivity contribution is 5.78. The first-order valence-corrected chi connectivity index (χ1v) is 15.9. The van der Waals surface area contributed by atoms with E-state index in [1.54, 1.807) is 0 Å². The van der Waals surface area contributed by atoms with Gasteiger partial charge >= 0.3 is 0 Å². The smallest absolute Gasteiger partial charge is 0.246 e. The molecular formula is C34H50N4O4. The van der Waals surface area contributed by atoms with Crippen molar-refractivity contribution >= 4 is 5.91 Å². The first-order chi connectivity index (χ1) is 20.6. The van der Waals surface area contributed by atoms with Gasteiger partial charge in [-0.2, -0.15) is 0 Å². The summed E-state index contributed by atoms with van der Waals surface area (Å²) in [5, 5.41) is 6.79. The van der Waals surface area contributed by atoms with E-state index >= 15 is 0 Å². The van der Waals surface area contributed by atoms with Gasteiger partial charge in [0.25, 0.3) is 0 Å². The molecule has 0 aliphatic carbocycles. The third-order valence-corrected chi connectivity index (χ3v) is 9.09. The lowest BCUT2D eigenvalue weighted by Gasteiger charge is -2.44. The Bertz CT molecular complexity index is 1030. The maximum Gasteiger partial charge on any atom is 0.246 e. The van der Waals surface area contributed by atoms with Crippen LogP contribution in [0.3, 0.4) is 0 Å². The van der Waals surface area contributed by atoms with Gasteiger partial charge in [-0.05, 0) is 49.7 Å². The van der Waals surface area contributed by atoms with Crippen molar-refractivity contribution in [1.82, 2.24) is 20.4 Å². The average molecular weight is 579 g/mol. The SMILES string of the molecule is C1CCOC1.O=C1COCC2(CCN(Cc3ccccc3)CC2)N1.c1ccc(CN2CCC3(CC2)COCCN3)cc1. The van der Waals surface area contributed by atoms with Crippen LogP contribution in [-0.4, -0.2) is 99.1 Å². The van der Waals surface area contributed by atoms with Crippen LogP contribution >= 0.6 is 0 Å². The van der Waals surface area contributed by atoms with Gasteiger partial charge < -0.3 is 24.8 Å². The zero-order valence-electron chi connectivity index (χ0n) is 25.2. The van der Waals surface area contributed by atoms with Gasteiger partial charge in [0.2, 0.25) is 5.91 Å². The highest BCUT2D eigenvalue weighted by Crippen LogP contribution is 2.26. The molecule has 0 aromatic heterocycles. The number of piperidine rings is 2. The molecular weight excluding hydrogens is 528 g/mol. The van der Waals surface area contributed by atoms with Crippen molar-refractivity contribution in [2.24, 2.45) is 0 Å². The summed E-state index contributed by atoms with van der Waals surface area (Å²) in [7, 11) is 0. The maximum atomic E-state index is 11.5. The molecule has 0 unspecified atom stereocenters. The van der Waals surface area contributed by atoms with Crippen LogP contribution in [0.25, 0.3) is 0 Å². The molecule has 0 radical (unpaired) electrons. The van der Waals surface area contributed by atoms with Gasteiger partial charge in [-0.3, -0.25) is 14.6 Å². The van der Waals surface area contributed by atoms with Crippen molar-refractivity contribution < 1.29 is 19.0 Å². The molecule has 1 amide bonds. The predicted molar refractivity (Wildman–Crippen MR) is 165 cm³/mol. The quantitative estimate of drug-likeness (QED) is 0.574. The first kappa shape index (κ1) is 31.1. The molecule has 7 rings (SSSR count). The second-order valence-corrected chi connectivity index (χ2v) is 12.4. The van der Waals surface area contributed by atoms with Gasteiger partial charge in [0.1, 0.15) is 6.61 Å². The van der Waals surface area contributed by atoms with Crippen molar-refractivity contribution in [3.8, 4) is 0 Å². The molecule has 0 bridgehead atoms. The van der Waals surface area contributed by atoms with E-state index in [9.17, 15) is 4.79 Å². The number of nitrogens with zero attached hydrogens (tertiary/aromatic N) is 2. The van der Waals surface area contributed by atoms with Crippen LogP contribution in [0.15, 0.2) is 60.7 Å². The Balaban J connectivity index is 0.000000144. The first-order valence-electron chi connectivity index (χ1n) is 15.9. The third kappa shape index (κ3) is 9.59. The van der Waals surface area contributed by atoms with E-state index in [-0.39, 0.29) is 23.6 Å². The molecule has 5 aliphatic rings. The molecule has 8 nitrogen and oxygen atoms in total. The molecule has 2 aromatic carbocycles. The highest BCUT2D eigenvalue weighted by Gasteiger charge is 2.39.